The summed E-state index contributed by atoms with van der Waals surface area (Å²) in [6, 6.07) is 8.01. The lowest BCUT2D eigenvalue weighted by atomic mass is 10.1. The summed E-state index contributed by atoms with van der Waals surface area (Å²) < 4.78 is 5.39. The second-order valence-electron chi connectivity index (χ2n) is 4.70. The molecule has 1 N–H and O–H groups in total. The van der Waals surface area contributed by atoms with Gasteiger partial charge in [0.1, 0.15) is 5.75 Å². The van der Waals surface area contributed by atoms with Gasteiger partial charge >= 0.3 is 6.03 Å². The molecule has 19 heavy (non-hydrogen) atoms. The number of likely N-dealkylation sites (N-methyl/N-ethyl adjacent to an activating group) is 2. The molecule has 2 amide bonds. The smallest absolute Gasteiger partial charge is 0.320 e. The number of methoxy groups -OCH3 is 1. The van der Waals surface area contributed by atoms with Gasteiger partial charge in [-0.2, -0.15) is 0 Å². The number of urea groups is 1. The van der Waals surface area contributed by atoms with Gasteiger partial charge in [0.2, 0.25) is 0 Å². The number of hydrogen-bond donors (Lipinski definition) is 1. The van der Waals surface area contributed by atoms with Gasteiger partial charge in [-0.3, -0.25) is 0 Å². The predicted molar refractivity (Wildman–Crippen MR) is 74.4 cm³/mol. The maximum absolute atomic E-state index is 12.2. The van der Waals surface area contributed by atoms with Crippen molar-refractivity contribution in [1.82, 2.24) is 15.1 Å². The molecule has 1 aliphatic heterocycles. The van der Waals surface area contributed by atoms with E-state index in [1.165, 1.54) is 0 Å². The molecule has 1 unspecified atom stereocenters. The molecular formula is C14H21N3O2. The first-order valence-corrected chi connectivity index (χ1v) is 6.48. The fourth-order valence-corrected chi connectivity index (χ4v) is 2.45. The maximum atomic E-state index is 12.2. The number of carbonyl (C=O) groups excluding carboxylic acids is 1. The molecular weight excluding hydrogens is 242 g/mol. The van der Waals surface area contributed by atoms with Crippen LogP contribution >= 0.6 is 0 Å². The fourth-order valence-electron chi connectivity index (χ4n) is 2.45. The van der Waals surface area contributed by atoms with Gasteiger partial charge in [-0.15, -0.1) is 0 Å². The Morgan fingerprint density at radius 3 is 2.84 bits per heavy atom. The molecule has 0 aromatic heterocycles. The maximum Gasteiger partial charge on any atom is 0.320 e. The van der Waals surface area contributed by atoms with Crippen molar-refractivity contribution in [1.29, 1.82) is 0 Å². The summed E-state index contributed by atoms with van der Waals surface area (Å²) >= 11 is 0. The highest BCUT2D eigenvalue weighted by atomic mass is 16.5. The van der Waals surface area contributed by atoms with Crippen LogP contribution in [0.25, 0.3) is 0 Å². The molecule has 1 fully saturated rings. The number of ether oxygens (including phenoxy) is 1. The summed E-state index contributed by atoms with van der Waals surface area (Å²) in [7, 11) is 5.40. The predicted octanol–water partition coefficient (Wildman–Crippen LogP) is 1.32. The van der Waals surface area contributed by atoms with Gasteiger partial charge in [-0.1, -0.05) is 18.2 Å². The van der Waals surface area contributed by atoms with Crippen LogP contribution in [0.1, 0.15) is 11.6 Å². The molecule has 0 radical (unpaired) electrons. The van der Waals surface area contributed by atoms with E-state index in [1.807, 2.05) is 43.3 Å². The Balaban J connectivity index is 2.19. The molecule has 0 aliphatic carbocycles. The highest BCUT2D eigenvalue weighted by molar-refractivity contribution is 5.77. The van der Waals surface area contributed by atoms with Gasteiger partial charge in [0, 0.05) is 32.2 Å². The second-order valence-corrected chi connectivity index (χ2v) is 4.70. The number of rotatable bonds is 5. The van der Waals surface area contributed by atoms with Crippen molar-refractivity contribution >= 4 is 6.03 Å². The van der Waals surface area contributed by atoms with E-state index in [1.54, 1.807) is 12.0 Å². The Hall–Kier alpha value is -1.75. The number of hydrogen-bond acceptors (Lipinski definition) is 3. The topological polar surface area (TPSA) is 44.8 Å². The van der Waals surface area contributed by atoms with Crippen molar-refractivity contribution < 1.29 is 9.53 Å². The molecule has 1 aromatic rings. The molecule has 5 nitrogen and oxygen atoms in total. The first-order chi connectivity index (χ1) is 9.19. The number of benzene rings is 1. The lowest BCUT2D eigenvalue weighted by molar-refractivity contribution is 0.195. The zero-order valence-corrected chi connectivity index (χ0v) is 11.7. The fraction of sp³-hybridized carbons (Fsp3) is 0.500. The summed E-state index contributed by atoms with van der Waals surface area (Å²) in [5.74, 6) is 0.836. The van der Waals surface area contributed by atoms with Crippen LogP contribution in [0, 0.1) is 0 Å². The quantitative estimate of drug-likeness (QED) is 0.871. The summed E-state index contributed by atoms with van der Waals surface area (Å²) in [5, 5.41) is 3.07. The average Bonchev–Trinajstić information content (AvgIpc) is 2.73. The number of carbonyl (C=O) groups is 1. The van der Waals surface area contributed by atoms with Crippen molar-refractivity contribution in [3.05, 3.63) is 29.8 Å². The molecule has 0 bridgehead atoms. The Bertz CT molecular complexity index is 450. The van der Waals surface area contributed by atoms with Gasteiger partial charge < -0.3 is 19.9 Å². The largest absolute Gasteiger partial charge is 0.496 e. The minimum atomic E-state index is 0.0560. The third-order valence-electron chi connectivity index (χ3n) is 3.56. The zero-order chi connectivity index (χ0) is 13.8. The summed E-state index contributed by atoms with van der Waals surface area (Å²) in [4.78, 5) is 15.8. The van der Waals surface area contributed by atoms with Gasteiger partial charge in [0.25, 0.3) is 0 Å². The van der Waals surface area contributed by atoms with Crippen LogP contribution in [0.2, 0.25) is 0 Å². The van der Waals surface area contributed by atoms with Crippen LogP contribution in [0.3, 0.4) is 0 Å². The van der Waals surface area contributed by atoms with Gasteiger partial charge in [0.15, 0.2) is 0 Å². The van der Waals surface area contributed by atoms with E-state index in [-0.39, 0.29) is 12.1 Å². The second kappa shape index (κ2) is 5.93. The number of nitrogens with one attached hydrogen (secondary N) is 1. The van der Waals surface area contributed by atoms with E-state index in [9.17, 15) is 4.79 Å². The van der Waals surface area contributed by atoms with E-state index < -0.39 is 0 Å². The minimum absolute atomic E-state index is 0.0560. The van der Waals surface area contributed by atoms with E-state index >= 15 is 0 Å². The third kappa shape index (κ3) is 2.66. The van der Waals surface area contributed by atoms with E-state index in [2.05, 4.69) is 5.32 Å². The van der Waals surface area contributed by atoms with Crippen LogP contribution < -0.4 is 10.1 Å². The SMILES string of the molecule is CNCCN1CC(c2ccccc2OC)N(C)C1=O. The van der Waals surface area contributed by atoms with Crippen molar-refractivity contribution in [3.8, 4) is 5.75 Å². The Kier molecular flexibility index (Phi) is 4.27. The third-order valence-corrected chi connectivity index (χ3v) is 3.56. The van der Waals surface area contributed by atoms with Crippen molar-refractivity contribution in [2.45, 2.75) is 6.04 Å². The highest BCUT2D eigenvalue weighted by Crippen LogP contribution is 2.33. The summed E-state index contributed by atoms with van der Waals surface area (Å²) in [6.45, 7) is 2.24. The molecule has 1 heterocycles. The molecule has 1 saturated heterocycles. The molecule has 104 valence electrons. The van der Waals surface area contributed by atoms with Gasteiger partial charge in [-0.05, 0) is 13.1 Å². The number of nitrogens with zero attached hydrogens (tertiary/aromatic N) is 2. The van der Waals surface area contributed by atoms with E-state index in [4.69, 9.17) is 4.74 Å². The summed E-state index contributed by atoms with van der Waals surface area (Å²) in [5.41, 5.74) is 1.06. The average molecular weight is 263 g/mol. The van der Waals surface area contributed by atoms with E-state index in [0.29, 0.717) is 6.54 Å². The van der Waals surface area contributed by atoms with Crippen LogP contribution in [-0.2, 0) is 0 Å². The Labute approximate surface area is 114 Å². The lowest BCUT2D eigenvalue weighted by Crippen LogP contribution is -2.34. The molecule has 2 rings (SSSR count). The Morgan fingerprint density at radius 1 is 1.42 bits per heavy atom. The number of amides is 2. The Morgan fingerprint density at radius 2 is 2.16 bits per heavy atom. The van der Waals surface area contributed by atoms with Crippen LogP contribution in [0.15, 0.2) is 24.3 Å². The standard InChI is InChI=1S/C14H21N3O2/c1-15-8-9-17-10-12(16(2)14(17)18)11-6-4-5-7-13(11)19-3/h4-7,12,15H,8-10H2,1-3H3. The molecule has 0 spiro atoms. The first-order valence-electron chi connectivity index (χ1n) is 6.48. The van der Waals surface area contributed by atoms with Crippen molar-refractivity contribution in [3.63, 3.8) is 0 Å². The first kappa shape index (κ1) is 13.7. The van der Waals surface area contributed by atoms with Crippen LogP contribution in [0.5, 0.6) is 5.75 Å². The lowest BCUT2D eigenvalue weighted by Gasteiger charge is -2.20. The molecule has 0 saturated carbocycles. The normalized spacial score (nSPS) is 19.1. The molecule has 1 aromatic carbocycles. The number of para-hydroxylation sites is 1. The summed E-state index contributed by atoms with van der Waals surface area (Å²) in [6.07, 6.45) is 0. The minimum Gasteiger partial charge on any atom is -0.496 e. The van der Waals surface area contributed by atoms with Crippen LogP contribution in [0.4, 0.5) is 4.79 Å². The highest BCUT2D eigenvalue weighted by Gasteiger charge is 2.36. The van der Waals surface area contributed by atoms with Crippen molar-refractivity contribution in [2.24, 2.45) is 0 Å². The van der Waals surface area contributed by atoms with Crippen molar-refractivity contribution in [2.75, 3.05) is 40.8 Å². The zero-order valence-electron chi connectivity index (χ0n) is 11.7. The van der Waals surface area contributed by atoms with Gasteiger partial charge in [0.05, 0.1) is 13.2 Å². The van der Waals surface area contributed by atoms with Gasteiger partial charge in [-0.25, -0.2) is 4.79 Å². The van der Waals surface area contributed by atoms with E-state index in [0.717, 1.165) is 24.4 Å². The molecule has 1 aliphatic rings. The van der Waals surface area contributed by atoms with Crippen LogP contribution in [-0.4, -0.2) is 56.7 Å². The molecule has 5 heteroatoms. The molecule has 1 atom stereocenters. The monoisotopic (exact) mass is 263 g/mol.